The summed E-state index contributed by atoms with van der Waals surface area (Å²) in [7, 11) is -1.90. The Balaban J connectivity index is 2.57. The molecule has 92 valence electrons. The molecule has 1 aliphatic rings. The second kappa shape index (κ2) is 4.16. The van der Waals surface area contributed by atoms with E-state index in [4.69, 9.17) is 9.84 Å². The molecule has 1 N–H and O–H groups in total. The van der Waals surface area contributed by atoms with Crippen molar-refractivity contribution < 1.29 is 18.3 Å². The molecule has 0 radical (unpaired) electrons. The van der Waals surface area contributed by atoms with E-state index >= 15 is 0 Å². The Morgan fingerprint density at radius 1 is 1.41 bits per heavy atom. The average molecular weight is 254 g/mol. The van der Waals surface area contributed by atoms with Crippen LogP contribution in [-0.4, -0.2) is 27.2 Å². The summed E-state index contributed by atoms with van der Waals surface area (Å²) in [4.78, 5) is 0.553. The van der Waals surface area contributed by atoms with Gasteiger partial charge in [-0.2, -0.15) is 0 Å². The van der Waals surface area contributed by atoms with Crippen LogP contribution in [0.5, 0.6) is 5.75 Å². The van der Waals surface area contributed by atoms with Gasteiger partial charge < -0.3 is 9.84 Å². The van der Waals surface area contributed by atoms with Crippen molar-refractivity contribution in [3.05, 3.63) is 28.7 Å². The van der Waals surface area contributed by atoms with Crippen LogP contribution < -0.4 is 4.74 Å². The Bertz CT molecular complexity index is 572. The summed E-state index contributed by atoms with van der Waals surface area (Å²) in [6, 6.07) is 4.85. The molecule has 0 spiro atoms. The van der Waals surface area contributed by atoms with E-state index in [0.29, 0.717) is 11.3 Å². The molecule has 17 heavy (non-hydrogen) atoms. The number of rotatable bonds is 3. The molecule has 4 nitrogen and oxygen atoms in total. The van der Waals surface area contributed by atoms with E-state index in [-0.39, 0.29) is 16.4 Å². The lowest BCUT2D eigenvalue weighted by Gasteiger charge is -2.09. The van der Waals surface area contributed by atoms with Gasteiger partial charge in [0.1, 0.15) is 5.75 Å². The molecule has 0 saturated heterocycles. The molecule has 0 aliphatic carbocycles. The first kappa shape index (κ1) is 12.1. The van der Waals surface area contributed by atoms with Crippen molar-refractivity contribution in [1.29, 1.82) is 0 Å². The van der Waals surface area contributed by atoms with Crippen molar-refractivity contribution in [3.8, 4) is 5.75 Å². The average Bonchev–Trinajstić information content (AvgIpc) is 2.59. The number of aliphatic hydroxyl groups excluding tert-OH is 1. The minimum absolute atomic E-state index is 0.184. The first-order valence-electron chi connectivity index (χ1n) is 5.26. The molecule has 1 heterocycles. The fourth-order valence-corrected chi connectivity index (χ4v) is 3.68. The minimum atomic E-state index is -3.44. The minimum Gasteiger partial charge on any atom is -0.497 e. The lowest BCUT2D eigenvalue weighted by molar-refractivity contribution is 0.260. The van der Waals surface area contributed by atoms with Crippen LogP contribution in [0.3, 0.4) is 0 Å². The maximum atomic E-state index is 12.2. The van der Waals surface area contributed by atoms with E-state index in [9.17, 15) is 8.42 Å². The third kappa shape index (κ3) is 1.85. The third-order valence-corrected chi connectivity index (χ3v) is 4.97. The number of hydrogen-bond acceptors (Lipinski definition) is 4. The Morgan fingerprint density at radius 2 is 2.12 bits per heavy atom. The molecule has 1 unspecified atom stereocenters. The zero-order chi connectivity index (χ0) is 12.6. The summed E-state index contributed by atoms with van der Waals surface area (Å²) in [6.45, 7) is 1.50. The molecule has 5 heteroatoms. The molecule has 0 saturated carbocycles. The molecule has 2 rings (SSSR count). The van der Waals surface area contributed by atoms with Gasteiger partial charge in [0.2, 0.25) is 9.84 Å². The summed E-state index contributed by atoms with van der Waals surface area (Å²) in [5, 5.41) is 9.08. The van der Waals surface area contributed by atoms with Crippen molar-refractivity contribution in [2.24, 2.45) is 5.92 Å². The van der Waals surface area contributed by atoms with Crippen LogP contribution in [0.4, 0.5) is 0 Å². The predicted octanol–water partition coefficient (Wildman–Crippen LogP) is 1.45. The predicted molar refractivity (Wildman–Crippen MR) is 64.4 cm³/mol. The van der Waals surface area contributed by atoms with Gasteiger partial charge in [-0.15, -0.1) is 0 Å². The SMILES string of the molecule is COc1ccc2c(c1)C=C(C(C)CO)S2(=O)=O. The highest BCUT2D eigenvalue weighted by molar-refractivity contribution is 7.95. The fourth-order valence-electron chi connectivity index (χ4n) is 1.87. The summed E-state index contributed by atoms with van der Waals surface area (Å²) in [6.07, 6.45) is 1.61. The van der Waals surface area contributed by atoms with E-state index in [1.165, 1.54) is 13.2 Å². The molecular formula is C12H14O4S. The van der Waals surface area contributed by atoms with Gasteiger partial charge >= 0.3 is 0 Å². The van der Waals surface area contributed by atoms with Crippen molar-refractivity contribution >= 4 is 15.9 Å². The van der Waals surface area contributed by atoms with Gasteiger partial charge in [-0.1, -0.05) is 6.92 Å². The number of benzene rings is 1. The number of hydrogen-bond donors (Lipinski definition) is 1. The molecule has 1 aliphatic heterocycles. The van der Waals surface area contributed by atoms with E-state index in [0.717, 1.165) is 0 Å². The van der Waals surface area contributed by atoms with Crippen molar-refractivity contribution in [3.63, 3.8) is 0 Å². The maximum Gasteiger partial charge on any atom is 0.203 e. The smallest absolute Gasteiger partial charge is 0.203 e. The largest absolute Gasteiger partial charge is 0.497 e. The Labute approximate surface area is 100 Å². The van der Waals surface area contributed by atoms with Gasteiger partial charge in [-0.3, -0.25) is 0 Å². The highest BCUT2D eigenvalue weighted by atomic mass is 32.2. The molecule has 1 aromatic rings. The van der Waals surface area contributed by atoms with Crippen LogP contribution in [0.15, 0.2) is 28.0 Å². The highest BCUT2D eigenvalue weighted by Gasteiger charge is 2.32. The first-order valence-corrected chi connectivity index (χ1v) is 6.74. The van der Waals surface area contributed by atoms with Crippen LogP contribution in [-0.2, 0) is 9.84 Å². The summed E-state index contributed by atoms with van der Waals surface area (Å²) >= 11 is 0. The standard InChI is InChI=1S/C12H14O4S/c1-8(7-13)12-6-9-5-10(16-2)3-4-11(9)17(12,14)15/h3-6,8,13H,7H2,1-2H3. The zero-order valence-electron chi connectivity index (χ0n) is 9.67. The molecule has 1 aromatic carbocycles. The number of methoxy groups -OCH3 is 1. The van der Waals surface area contributed by atoms with Crippen molar-refractivity contribution in [2.45, 2.75) is 11.8 Å². The van der Waals surface area contributed by atoms with E-state index in [1.807, 2.05) is 0 Å². The lowest BCUT2D eigenvalue weighted by atomic mass is 10.1. The zero-order valence-corrected chi connectivity index (χ0v) is 10.5. The number of aliphatic hydroxyl groups is 1. The van der Waals surface area contributed by atoms with Crippen molar-refractivity contribution in [1.82, 2.24) is 0 Å². The molecular weight excluding hydrogens is 240 g/mol. The van der Waals surface area contributed by atoms with E-state index in [2.05, 4.69) is 0 Å². The Kier molecular flexibility index (Phi) is 2.97. The van der Waals surface area contributed by atoms with Gasteiger partial charge in [0.05, 0.1) is 23.5 Å². The van der Waals surface area contributed by atoms with Gasteiger partial charge in [-0.25, -0.2) is 8.42 Å². The molecule has 1 atom stereocenters. The molecule has 0 amide bonds. The summed E-state index contributed by atoms with van der Waals surface area (Å²) < 4.78 is 29.4. The monoisotopic (exact) mass is 254 g/mol. The summed E-state index contributed by atoms with van der Waals surface area (Å²) in [5.74, 6) is 0.228. The van der Waals surface area contributed by atoms with Crippen LogP contribution in [0.25, 0.3) is 6.08 Å². The molecule has 0 aromatic heterocycles. The van der Waals surface area contributed by atoms with Crippen molar-refractivity contribution in [2.75, 3.05) is 13.7 Å². The van der Waals surface area contributed by atoms with E-state index in [1.54, 1.807) is 25.1 Å². The summed E-state index contributed by atoms with van der Waals surface area (Å²) in [5.41, 5.74) is 0.625. The van der Waals surface area contributed by atoms with Crippen LogP contribution in [0.2, 0.25) is 0 Å². The van der Waals surface area contributed by atoms with Crippen LogP contribution >= 0.6 is 0 Å². The number of sulfone groups is 1. The van der Waals surface area contributed by atoms with Crippen LogP contribution in [0, 0.1) is 5.92 Å². The molecule has 0 bridgehead atoms. The van der Waals surface area contributed by atoms with E-state index < -0.39 is 15.8 Å². The quantitative estimate of drug-likeness (QED) is 0.886. The van der Waals surface area contributed by atoms with Gasteiger partial charge in [0.15, 0.2) is 0 Å². The second-order valence-corrected chi connectivity index (χ2v) is 5.96. The Morgan fingerprint density at radius 3 is 2.71 bits per heavy atom. The first-order chi connectivity index (χ1) is 8.00. The van der Waals surface area contributed by atoms with Crippen LogP contribution in [0.1, 0.15) is 12.5 Å². The second-order valence-electron chi connectivity index (χ2n) is 4.04. The Hall–Kier alpha value is -1.33. The lowest BCUT2D eigenvalue weighted by Crippen LogP contribution is -2.11. The highest BCUT2D eigenvalue weighted by Crippen LogP contribution is 2.38. The van der Waals surface area contributed by atoms with Gasteiger partial charge in [0, 0.05) is 5.92 Å². The molecule has 0 fully saturated rings. The fraction of sp³-hybridized carbons (Fsp3) is 0.333. The topological polar surface area (TPSA) is 63.6 Å². The van der Waals surface area contributed by atoms with Gasteiger partial charge in [-0.05, 0) is 29.8 Å². The third-order valence-electron chi connectivity index (χ3n) is 2.87. The number of ether oxygens (including phenoxy) is 1. The van der Waals surface area contributed by atoms with Gasteiger partial charge in [0.25, 0.3) is 0 Å². The normalized spacial score (nSPS) is 18.4. The maximum absolute atomic E-state index is 12.2. The number of fused-ring (bicyclic) bond motifs is 1.